The summed E-state index contributed by atoms with van der Waals surface area (Å²) >= 11 is 0. The molecule has 7 nitrogen and oxygen atoms in total. The monoisotopic (exact) mass is 488 g/mol. The Kier molecular flexibility index (Phi) is 7.60. The summed E-state index contributed by atoms with van der Waals surface area (Å²) in [6.07, 6.45) is 0.684. The topological polar surface area (TPSA) is 83.2 Å². The Hall–Kier alpha value is -3.84. The van der Waals surface area contributed by atoms with Crippen LogP contribution in [0.25, 0.3) is 5.76 Å². The Morgan fingerprint density at radius 2 is 1.81 bits per heavy atom. The number of furan rings is 1. The minimum Gasteiger partial charge on any atom is -0.507 e. The Morgan fingerprint density at radius 1 is 1.06 bits per heavy atom. The molecule has 0 radical (unpaired) electrons. The van der Waals surface area contributed by atoms with E-state index in [0.29, 0.717) is 42.4 Å². The number of rotatable bonds is 9. The number of aliphatic hydroxyl groups is 1. The normalized spacial score (nSPS) is 17.2. The Labute approximate surface area is 211 Å². The Morgan fingerprint density at radius 3 is 2.44 bits per heavy atom. The van der Waals surface area contributed by atoms with Gasteiger partial charge in [-0.3, -0.25) is 9.59 Å². The molecule has 2 heterocycles. The molecular weight excluding hydrogens is 456 g/mol. The fourth-order valence-corrected chi connectivity index (χ4v) is 4.40. The second kappa shape index (κ2) is 10.8. The number of nitrogens with zero attached hydrogens (tertiary/aromatic N) is 2. The van der Waals surface area contributed by atoms with Crippen LogP contribution in [0.5, 0.6) is 5.75 Å². The van der Waals surface area contributed by atoms with Crippen LogP contribution >= 0.6 is 0 Å². The third kappa shape index (κ3) is 5.52. The standard InChI is InChI=1S/C29H32N2O5/c1-19-7-5-8-21(17-19)18-35-23-12-10-22(11-13-23)27(32)25-26(24-14-9-20(2)36-24)31(29(34)28(25)33)16-6-15-30(3)4/h5,7-14,17,26,32H,6,15-16,18H2,1-4H3. The number of benzene rings is 2. The zero-order valence-electron chi connectivity index (χ0n) is 21.2. The molecule has 1 N–H and O–H groups in total. The molecule has 1 aromatic heterocycles. The largest absolute Gasteiger partial charge is 0.507 e. The first-order valence-electron chi connectivity index (χ1n) is 12.0. The number of carbonyl (C=O) groups excluding carboxylic acids is 2. The van der Waals surface area contributed by atoms with E-state index in [0.717, 1.165) is 17.7 Å². The van der Waals surface area contributed by atoms with Gasteiger partial charge in [0.05, 0.1) is 5.57 Å². The lowest BCUT2D eigenvalue weighted by Gasteiger charge is -2.24. The molecule has 4 rings (SSSR count). The van der Waals surface area contributed by atoms with Gasteiger partial charge in [-0.05, 0) is 82.9 Å². The van der Waals surface area contributed by atoms with Crippen molar-refractivity contribution in [2.24, 2.45) is 0 Å². The van der Waals surface area contributed by atoms with E-state index in [1.807, 2.05) is 44.1 Å². The smallest absolute Gasteiger partial charge is 0.295 e. The van der Waals surface area contributed by atoms with Crippen LogP contribution in [-0.4, -0.2) is 53.8 Å². The predicted octanol–water partition coefficient (Wildman–Crippen LogP) is 4.85. The van der Waals surface area contributed by atoms with E-state index in [9.17, 15) is 14.7 Å². The molecule has 1 fully saturated rings. The molecule has 0 spiro atoms. The molecule has 36 heavy (non-hydrogen) atoms. The molecule has 1 unspecified atom stereocenters. The number of hydrogen-bond acceptors (Lipinski definition) is 6. The molecule has 0 aliphatic carbocycles. The third-order valence-corrected chi connectivity index (χ3v) is 6.19. The van der Waals surface area contributed by atoms with Crippen LogP contribution in [0.3, 0.4) is 0 Å². The summed E-state index contributed by atoms with van der Waals surface area (Å²) in [5.41, 5.74) is 2.69. The third-order valence-electron chi connectivity index (χ3n) is 6.19. The number of likely N-dealkylation sites (tertiary alicyclic amines) is 1. The van der Waals surface area contributed by atoms with Crippen LogP contribution in [0, 0.1) is 13.8 Å². The molecule has 2 aromatic carbocycles. The first-order valence-corrected chi connectivity index (χ1v) is 12.0. The van der Waals surface area contributed by atoms with E-state index >= 15 is 0 Å². The van der Waals surface area contributed by atoms with Gasteiger partial charge in [-0.1, -0.05) is 29.8 Å². The van der Waals surface area contributed by atoms with Crippen molar-refractivity contribution in [2.75, 3.05) is 27.2 Å². The summed E-state index contributed by atoms with van der Waals surface area (Å²) in [4.78, 5) is 29.6. The van der Waals surface area contributed by atoms with Crippen LogP contribution in [0.2, 0.25) is 0 Å². The maximum absolute atomic E-state index is 13.1. The molecule has 7 heteroatoms. The molecular formula is C29H32N2O5. The number of ketones is 1. The van der Waals surface area contributed by atoms with Gasteiger partial charge in [0.2, 0.25) is 0 Å². The molecule has 3 aromatic rings. The van der Waals surface area contributed by atoms with Gasteiger partial charge in [-0.2, -0.15) is 0 Å². The van der Waals surface area contributed by atoms with Crippen molar-refractivity contribution in [1.29, 1.82) is 0 Å². The molecule has 1 aliphatic heterocycles. The molecule has 0 bridgehead atoms. The first-order chi connectivity index (χ1) is 17.2. The molecule has 1 saturated heterocycles. The van der Waals surface area contributed by atoms with E-state index in [-0.39, 0.29) is 11.3 Å². The van der Waals surface area contributed by atoms with Crippen LogP contribution in [0.15, 0.2) is 70.7 Å². The van der Waals surface area contributed by atoms with E-state index in [1.54, 1.807) is 43.3 Å². The van der Waals surface area contributed by atoms with Crippen molar-refractivity contribution in [2.45, 2.75) is 32.9 Å². The number of carbonyl (C=O) groups is 2. The van der Waals surface area contributed by atoms with Gasteiger partial charge < -0.3 is 24.1 Å². The number of ether oxygens (including phenoxy) is 1. The molecule has 1 aliphatic rings. The lowest BCUT2D eigenvalue weighted by Crippen LogP contribution is -2.32. The molecule has 0 saturated carbocycles. The minimum atomic E-state index is -0.780. The molecule has 1 amide bonds. The predicted molar refractivity (Wildman–Crippen MR) is 138 cm³/mol. The molecule has 1 atom stereocenters. The highest BCUT2D eigenvalue weighted by molar-refractivity contribution is 6.46. The van der Waals surface area contributed by atoms with Crippen LogP contribution in [-0.2, 0) is 16.2 Å². The summed E-state index contributed by atoms with van der Waals surface area (Å²) < 4.78 is 11.7. The second-order valence-electron chi connectivity index (χ2n) is 9.40. The van der Waals surface area contributed by atoms with Gasteiger partial charge in [0.1, 0.15) is 35.7 Å². The van der Waals surface area contributed by atoms with Crippen LogP contribution in [0.1, 0.15) is 40.7 Å². The van der Waals surface area contributed by atoms with Crippen molar-refractivity contribution in [3.63, 3.8) is 0 Å². The highest BCUT2D eigenvalue weighted by atomic mass is 16.5. The quantitative estimate of drug-likeness (QED) is 0.263. The maximum atomic E-state index is 13.1. The first kappa shape index (κ1) is 25.3. The fraction of sp³-hybridized carbons (Fsp3) is 0.310. The second-order valence-corrected chi connectivity index (χ2v) is 9.40. The number of aliphatic hydroxyl groups excluding tert-OH is 1. The van der Waals surface area contributed by atoms with Gasteiger partial charge in [-0.15, -0.1) is 0 Å². The lowest BCUT2D eigenvalue weighted by molar-refractivity contribution is -0.140. The van der Waals surface area contributed by atoms with Crippen molar-refractivity contribution < 1.29 is 23.8 Å². The number of hydrogen-bond donors (Lipinski definition) is 1. The summed E-state index contributed by atoms with van der Waals surface area (Å²) in [5.74, 6) is 0.182. The lowest BCUT2D eigenvalue weighted by atomic mass is 9.99. The zero-order valence-corrected chi connectivity index (χ0v) is 21.2. The van der Waals surface area contributed by atoms with Gasteiger partial charge in [0.25, 0.3) is 11.7 Å². The summed E-state index contributed by atoms with van der Waals surface area (Å²) in [6, 6.07) is 17.7. The SMILES string of the molecule is Cc1cccc(COc2ccc(C(O)=C3C(=O)C(=O)N(CCCN(C)C)C3c3ccc(C)o3)cc2)c1. The van der Waals surface area contributed by atoms with Crippen molar-refractivity contribution in [3.05, 3.63) is 94.4 Å². The number of aryl methyl sites for hydroxylation is 2. The highest BCUT2D eigenvalue weighted by Crippen LogP contribution is 2.40. The van der Waals surface area contributed by atoms with E-state index < -0.39 is 17.7 Å². The maximum Gasteiger partial charge on any atom is 0.295 e. The average molecular weight is 489 g/mol. The van der Waals surface area contributed by atoms with Gasteiger partial charge in [0, 0.05) is 12.1 Å². The van der Waals surface area contributed by atoms with Gasteiger partial charge >= 0.3 is 0 Å². The highest BCUT2D eigenvalue weighted by Gasteiger charge is 2.47. The zero-order chi connectivity index (χ0) is 25.8. The van der Waals surface area contributed by atoms with Crippen molar-refractivity contribution in [3.8, 4) is 5.75 Å². The number of Topliss-reactive ketones (excluding diaryl/α,β-unsaturated/α-hetero) is 1. The molecule has 188 valence electrons. The van der Waals surface area contributed by atoms with Crippen molar-refractivity contribution >= 4 is 17.4 Å². The number of amides is 1. The Balaban J connectivity index is 1.60. The Bertz CT molecular complexity index is 1270. The van der Waals surface area contributed by atoms with Crippen LogP contribution in [0.4, 0.5) is 0 Å². The van der Waals surface area contributed by atoms with E-state index in [4.69, 9.17) is 9.15 Å². The minimum absolute atomic E-state index is 0.0348. The van der Waals surface area contributed by atoms with E-state index in [1.165, 1.54) is 4.90 Å². The van der Waals surface area contributed by atoms with Crippen LogP contribution < -0.4 is 4.74 Å². The van der Waals surface area contributed by atoms with E-state index in [2.05, 4.69) is 6.07 Å². The summed E-state index contributed by atoms with van der Waals surface area (Å²) in [7, 11) is 3.91. The summed E-state index contributed by atoms with van der Waals surface area (Å²) in [5, 5.41) is 11.2. The van der Waals surface area contributed by atoms with Gasteiger partial charge in [0.15, 0.2) is 0 Å². The van der Waals surface area contributed by atoms with Gasteiger partial charge in [-0.25, -0.2) is 0 Å². The average Bonchev–Trinajstić information content (AvgIpc) is 3.38. The fourth-order valence-electron chi connectivity index (χ4n) is 4.40. The summed E-state index contributed by atoms with van der Waals surface area (Å²) in [6.45, 7) is 5.39. The van der Waals surface area contributed by atoms with Crippen molar-refractivity contribution in [1.82, 2.24) is 9.80 Å².